The molecule has 1 aliphatic heterocycles. The summed E-state index contributed by atoms with van der Waals surface area (Å²) in [5.74, 6) is 1.08. The summed E-state index contributed by atoms with van der Waals surface area (Å²) >= 11 is 0. The highest BCUT2D eigenvalue weighted by atomic mass is 16.5. The molecule has 1 amide bonds. The average molecular weight is 428 g/mol. The highest BCUT2D eigenvalue weighted by Crippen LogP contribution is 2.20. The van der Waals surface area contributed by atoms with Gasteiger partial charge in [0.05, 0.1) is 12.7 Å². The predicted molar refractivity (Wildman–Crippen MR) is 129 cm³/mol. The van der Waals surface area contributed by atoms with Crippen LogP contribution >= 0.6 is 0 Å². The van der Waals surface area contributed by atoms with Crippen LogP contribution in [-0.2, 0) is 4.79 Å². The maximum atomic E-state index is 12.1. The van der Waals surface area contributed by atoms with Crippen LogP contribution in [0.4, 0.5) is 0 Å². The van der Waals surface area contributed by atoms with E-state index in [0.717, 1.165) is 56.5 Å². The lowest BCUT2D eigenvalue weighted by molar-refractivity contribution is -0.130. The molecule has 1 aromatic rings. The maximum absolute atomic E-state index is 12.1. The van der Waals surface area contributed by atoms with Gasteiger partial charge in [-0.3, -0.25) is 4.79 Å². The van der Waals surface area contributed by atoms with Crippen molar-refractivity contribution in [2.75, 3.05) is 19.7 Å². The van der Waals surface area contributed by atoms with Crippen molar-refractivity contribution in [1.29, 1.82) is 0 Å². The van der Waals surface area contributed by atoms with Crippen LogP contribution in [0.3, 0.4) is 0 Å². The standard InChI is InChI=1S/C27H41NO3/c1-2-3-4-5-6-7-17-25(29)18-10-8-15-24-16-9-11-19-26(24)31-23-14-20-27(30)28-21-12-13-22-28/h8-11,15-16,18-19,25,29H,2-7,12-14,17,20-23H2,1H3/b15-8+,18-10+/t25-/m0/s1. The molecule has 1 N–H and O–H groups in total. The smallest absolute Gasteiger partial charge is 0.222 e. The normalized spacial score (nSPS) is 15.2. The summed E-state index contributed by atoms with van der Waals surface area (Å²) in [6, 6.07) is 7.92. The summed E-state index contributed by atoms with van der Waals surface area (Å²) in [5.41, 5.74) is 1.00. The van der Waals surface area contributed by atoms with Crippen molar-refractivity contribution in [2.45, 2.75) is 83.7 Å². The van der Waals surface area contributed by atoms with Crippen LogP contribution in [-0.4, -0.2) is 41.7 Å². The van der Waals surface area contributed by atoms with E-state index < -0.39 is 0 Å². The van der Waals surface area contributed by atoms with Gasteiger partial charge in [-0.2, -0.15) is 0 Å². The molecule has 4 nitrogen and oxygen atoms in total. The largest absolute Gasteiger partial charge is 0.493 e. The van der Waals surface area contributed by atoms with Crippen LogP contribution < -0.4 is 4.74 Å². The predicted octanol–water partition coefficient (Wildman–Crippen LogP) is 6.15. The number of rotatable bonds is 15. The first-order chi connectivity index (χ1) is 15.2. The number of amides is 1. The number of aliphatic hydroxyl groups excluding tert-OH is 1. The van der Waals surface area contributed by atoms with Gasteiger partial charge in [0.1, 0.15) is 5.75 Å². The number of hydrogen-bond donors (Lipinski definition) is 1. The number of unbranched alkanes of at least 4 members (excludes halogenated alkanes) is 5. The summed E-state index contributed by atoms with van der Waals surface area (Å²) in [6.07, 6.45) is 19.2. The van der Waals surface area contributed by atoms with Crippen molar-refractivity contribution in [3.63, 3.8) is 0 Å². The van der Waals surface area contributed by atoms with Gasteiger partial charge in [-0.1, -0.05) is 88.0 Å². The van der Waals surface area contributed by atoms with Gasteiger partial charge in [0, 0.05) is 25.1 Å². The molecule has 1 heterocycles. The van der Waals surface area contributed by atoms with Gasteiger partial charge in [0.15, 0.2) is 0 Å². The summed E-state index contributed by atoms with van der Waals surface area (Å²) in [5, 5.41) is 10.1. The lowest BCUT2D eigenvalue weighted by atomic mass is 10.1. The number of benzene rings is 1. The fourth-order valence-corrected chi connectivity index (χ4v) is 3.86. The molecule has 0 aliphatic carbocycles. The SMILES string of the molecule is CCCCCCCC[C@H](O)/C=C/C=C/c1ccccc1OCCCC(=O)N1CCCC1. The highest BCUT2D eigenvalue weighted by molar-refractivity contribution is 5.76. The third-order valence-corrected chi connectivity index (χ3v) is 5.74. The van der Waals surface area contributed by atoms with Crippen LogP contribution in [0.25, 0.3) is 6.08 Å². The third kappa shape index (κ3) is 10.7. The van der Waals surface area contributed by atoms with Gasteiger partial charge >= 0.3 is 0 Å². The molecule has 1 aromatic carbocycles. The monoisotopic (exact) mass is 427 g/mol. The van der Waals surface area contributed by atoms with Crippen molar-refractivity contribution in [3.8, 4) is 5.75 Å². The highest BCUT2D eigenvalue weighted by Gasteiger charge is 2.17. The summed E-state index contributed by atoms with van der Waals surface area (Å²) in [4.78, 5) is 14.1. The van der Waals surface area contributed by atoms with E-state index in [9.17, 15) is 9.90 Å². The zero-order valence-corrected chi connectivity index (χ0v) is 19.3. The van der Waals surface area contributed by atoms with E-state index in [1.807, 2.05) is 53.5 Å². The molecule has 0 unspecified atom stereocenters. The Morgan fingerprint density at radius 3 is 2.61 bits per heavy atom. The molecule has 1 saturated heterocycles. The molecule has 1 atom stereocenters. The Kier molecular flexibility index (Phi) is 12.8. The Morgan fingerprint density at radius 1 is 1.06 bits per heavy atom. The van der Waals surface area contributed by atoms with E-state index in [1.165, 1.54) is 32.1 Å². The minimum atomic E-state index is -0.379. The molecule has 0 saturated carbocycles. The lowest BCUT2D eigenvalue weighted by Crippen LogP contribution is -2.27. The first kappa shape index (κ1) is 25.2. The summed E-state index contributed by atoms with van der Waals surface area (Å²) in [6.45, 7) is 4.59. The third-order valence-electron chi connectivity index (χ3n) is 5.74. The molecule has 2 rings (SSSR count). The molecule has 1 aliphatic rings. The number of para-hydroxylation sites is 1. The number of likely N-dealkylation sites (tertiary alicyclic amines) is 1. The van der Waals surface area contributed by atoms with Crippen molar-refractivity contribution < 1.29 is 14.6 Å². The van der Waals surface area contributed by atoms with E-state index >= 15 is 0 Å². The second-order valence-corrected chi connectivity index (χ2v) is 8.45. The van der Waals surface area contributed by atoms with Crippen molar-refractivity contribution in [1.82, 2.24) is 4.90 Å². The van der Waals surface area contributed by atoms with Gasteiger partial charge in [0.2, 0.25) is 5.91 Å². The zero-order valence-electron chi connectivity index (χ0n) is 19.3. The molecular weight excluding hydrogens is 386 g/mol. The maximum Gasteiger partial charge on any atom is 0.222 e. The minimum Gasteiger partial charge on any atom is -0.493 e. The number of allylic oxidation sites excluding steroid dienone is 2. The molecular formula is C27H41NO3. The first-order valence-corrected chi connectivity index (χ1v) is 12.2. The molecule has 1 fully saturated rings. The average Bonchev–Trinajstić information content (AvgIpc) is 3.32. The number of nitrogens with zero attached hydrogens (tertiary/aromatic N) is 1. The van der Waals surface area contributed by atoms with E-state index in [4.69, 9.17) is 4.74 Å². The minimum absolute atomic E-state index is 0.249. The van der Waals surface area contributed by atoms with Gasteiger partial charge in [-0.15, -0.1) is 0 Å². The number of carbonyl (C=O) groups excluding carboxylic acids is 1. The zero-order chi connectivity index (χ0) is 22.2. The van der Waals surface area contributed by atoms with Gasteiger partial charge in [-0.05, 0) is 31.7 Å². The van der Waals surface area contributed by atoms with Crippen molar-refractivity contribution in [2.24, 2.45) is 0 Å². The van der Waals surface area contributed by atoms with E-state index in [0.29, 0.717) is 13.0 Å². The van der Waals surface area contributed by atoms with E-state index in [1.54, 1.807) is 0 Å². The van der Waals surface area contributed by atoms with Gasteiger partial charge in [-0.25, -0.2) is 0 Å². The summed E-state index contributed by atoms with van der Waals surface area (Å²) < 4.78 is 5.93. The Bertz CT molecular complexity index is 677. The molecule has 0 spiro atoms. The van der Waals surface area contributed by atoms with Crippen LogP contribution in [0.2, 0.25) is 0 Å². The van der Waals surface area contributed by atoms with Crippen LogP contribution in [0, 0.1) is 0 Å². The second-order valence-electron chi connectivity index (χ2n) is 8.45. The Labute approximate surface area is 189 Å². The molecule has 31 heavy (non-hydrogen) atoms. The van der Waals surface area contributed by atoms with Crippen molar-refractivity contribution >= 4 is 12.0 Å². The fourth-order valence-electron chi connectivity index (χ4n) is 3.86. The molecule has 0 radical (unpaired) electrons. The molecule has 0 aromatic heterocycles. The molecule has 4 heteroatoms. The van der Waals surface area contributed by atoms with Gasteiger partial charge < -0.3 is 14.7 Å². The van der Waals surface area contributed by atoms with E-state index in [2.05, 4.69) is 6.92 Å². The number of aliphatic hydroxyl groups is 1. The molecule has 172 valence electrons. The Morgan fingerprint density at radius 2 is 1.81 bits per heavy atom. The lowest BCUT2D eigenvalue weighted by Gasteiger charge is -2.15. The second kappa shape index (κ2) is 15.7. The topological polar surface area (TPSA) is 49.8 Å². The van der Waals surface area contributed by atoms with Gasteiger partial charge in [0.25, 0.3) is 0 Å². The quantitative estimate of drug-likeness (QED) is 0.270. The number of hydrogen-bond acceptors (Lipinski definition) is 3. The van der Waals surface area contributed by atoms with E-state index in [-0.39, 0.29) is 12.0 Å². The van der Waals surface area contributed by atoms with Crippen LogP contribution in [0.15, 0.2) is 42.5 Å². The number of carbonyl (C=O) groups is 1. The Hall–Kier alpha value is -2.07. The van der Waals surface area contributed by atoms with Crippen LogP contribution in [0.1, 0.15) is 83.1 Å². The van der Waals surface area contributed by atoms with Crippen LogP contribution in [0.5, 0.6) is 5.75 Å². The Balaban J connectivity index is 1.67. The summed E-state index contributed by atoms with van der Waals surface area (Å²) in [7, 11) is 0. The molecule has 0 bridgehead atoms. The van der Waals surface area contributed by atoms with Crippen molar-refractivity contribution in [3.05, 3.63) is 48.1 Å². The fraction of sp³-hybridized carbons (Fsp3) is 0.593. The number of ether oxygens (including phenoxy) is 1. The first-order valence-electron chi connectivity index (χ1n) is 12.2.